The van der Waals surface area contributed by atoms with E-state index in [4.69, 9.17) is 0 Å². The third-order valence-electron chi connectivity index (χ3n) is 1.30. The highest BCUT2D eigenvalue weighted by atomic mass is 19.4. The molecule has 0 fully saturated rings. The SMILES string of the molecule is C=C/C(=C\C=C(C)C)CC(F)(F)F.CC.CC. The van der Waals surface area contributed by atoms with Gasteiger partial charge in [-0.2, -0.15) is 13.2 Å². The van der Waals surface area contributed by atoms with Crippen LogP contribution in [0.25, 0.3) is 0 Å². The van der Waals surface area contributed by atoms with Crippen molar-refractivity contribution in [1.82, 2.24) is 0 Å². The first-order chi connectivity index (χ1) is 7.85. The smallest absolute Gasteiger partial charge is 0.171 e. The Labute approximate surface area is 104 Å². The molecule has 0 aliphatic carbocycles. The van der Waals surface area contributed by atoms with Gasteiger partial charge < -0.3 is 0 Å². The van der Waals surface area contributed by atoms with Gasteiger partial charge in [-0.3, -0.25) is 0 Å². The van der Waals surface area contributed by atoms with Gasteiger partial charge in [0.1, 0.15) is 0 Å². The second kappa shape index (κ2) is 13.1. The van der Waals surface area contributed by atoms with Crippen molar-refractivity contribution in [3.63, 3.8) is 0 Å². The Morgan fingerprint density at radius 1 is 1.00 bits per heavy atom. The fraction of sp³-hybridized carbons (Fsp3) is 0.571. The summed E-state index contributed by atoms with van der Waals surface area (Å²) in [6.45, 7) is 15.0. The molecule has 0 amide bonds. The van der Waals surface area contributed by atoms with E-state index < -0.39 is 12.6 Å². The second-order valence-corrected chi connectivity index (χ2v) is 2.98. The van der Waals surface area contributed by atoms with Crippen LogP contribution in [0.4, 0.5) is 13.2 Å². The van der Waals surface area contributed by atoms with Gasteiger partial charge in [-0.1, -0.05) is 58.1 Å². The van der Waals surface area contributed by atoms with Crippen LogP contribution in [0.1, 0.15) is 48.0 Å². The maximum Gasteiger partial charge on any atom is 0.393 e. The fourth-order valence-electron chi connectivity index (χ4n) is 0.704. The monoisotopic (exact) mass is 250 g/mol. The Morgan fingerprint density at radius 3 is 1.65 bits per heavy atom. The third-order valence-corrected chi connectivity index (χ3v) is 1.30. The van der Waals surface area contributed by atoms with Crippen molar-refractivity contribution in [3.05, 3.63) is 36.0 Å². The molecule has 0 aromatic rings. The van der Waals surface area contributed by atoms with Crippen LogP contribution < -0.4 is 0 Å². The van der Waals surface area contributed by atoms with Gasteiger partial charge in [0.2, 0.25) is 0 Å². The largest absolute Gasteiger partial charge is 0.393 e. The average Bonchev–Trinajstić information content (AvgIpc) is 2.28. The average molecular weight is 250 g/mol. The Balaban J connectivity index is -0.000000439. The minimum absolute atomic E-state index is 0.189. The molecule has 0 nitrogen and oxygen atoms in total. The first-order valence-corrected chi connectivity index (χ1v) is 5.88. The summed E-state index contributed by atoms with van der Waals surface area (Å²) < 4.78 is 35.7. The molecule has 0 bridgehead atoms. The van der Waals surface area contributed by atoms with Gasteiger partial charge in [-0.25, -0.2) is 0 Å². The Bertz CT molecular complexity index is 228. The van der Waals surface area contributed by atoms with Crippen molar-refractivity contribution in [2.45, 2.75) is 54.1 Å². The molecule has 0 heterocycles. The van der Waals surface area contributed by atoms with Crippen LogP contribution in [0.3, 0.4) is 0 Å². The van der Waals surface area contributed by atoms with Crippen LogP contribution >= 0.6 is 0 Å². The van der Waals surface area contributed by atoms with E-state index in [2.05, 4.69) is 6.58 Å². The van der Waals surface area contributed by atoms with Crippen LogP contribution in [-0.2, 0) is 0 Å². The Hall–Kier alpha value is -0.990. The molecule has 0 aliphatic heterocycles. The van der Waals surface area contributed by atoms with Crippen molar-refractivity contribution in [3.8, 4) is 0 Å². The number of hydrogen-bond acceptors (Lipinski definition) is 0. The maximum atomic E-state index is 11.9. The summed E-state index contributed by atoms with van der Waals surface area (Å²) >= 11 is 0. The summed E-state index contributed by atoms with van der Waals surface area (Å²) in [7, 11) is 0. The lowest BCUT2D eigenvalue weighted by atomic mass is 10.1. The number of halogens is 3. The van der Waals surface area contributed by atoms with E-state index in [-0.39, 0.29) is 5.57 Å². The predicted molar refractivity (Wildman–Crippen MR) is 71.1 cm³/mol. The number of hydrogen-bond donors (Lipinski definition) is 0. The van der Waals surface area contributed by atoms with E-state index in [1.807, 2.05) is 41.5 Å². The zero-order chi connectivity index (χ0) is 14.5. The first kappa shape index (κ1) is 21.3. The third kappa shape index (κ3) is 21.0. The molecule has 0 saturated carbocycles. The van der Waals surface area contributed by atoms with E-state index in [1.54, 1.807) is 6.08 Å². The zero-order valence-electron chi connectivity index (χ0n) is 11.8. The fourth-order valence-corrected chi connectivity index (χ4v) is 0.704. The minimum atomic E-state index is -4.16. The minimum Gasteiger partial charge on any atom is -0.171 e. The summed E-state index contributed by atoms with van der Waals surface area (Å²) in [5, 5.41) is 0. The molecule has 3 heteroatoms. The molecule has 0 N–H and O–H groups in total. The van der Waals surface area contributed by atoms with Gasteiger partial charge in [0.05, 0.1) is 6.42 Å². The number of rotatable bonds is 3. The lowest BCUT2D eigenvalue weighted by Gasteiger charge is -2.05. The van der Waals surface area contributed by atoms with E-state index in [0.29, 0.717) is 0 Å². The molecule has 0 rings (SSSR count). The number of allylic oxidation sites excluding steroid dienone is 5. The van der Waals surface area contributed by atoms with Gasteiger partial charge in [-0.15, -0.1) is 0 Å². The summed E-state index contributed by atoms with van der Waals surface area (Å²) in [4.78, 5) is 0. The molecule has 0 saturated heterocycles. The Kier molecular flexibility index (Phi) is 16.4. The van der Waals surface area contributed by atoms with Crippen molar-refractivity contribution in [2.24, 2.45) is 0 Å². The predicted octanol–water partition coefficient (Wildman–Crippen LogP) is 6.07. The van der Waals surface area contributed by atoms with E-state index in [1.165, 1.54) is 12.2 Å². The molecule has 0 spiro atoms. The van der Waals surface area contributed by atoms with Crippen LogP contribution in [0.15, 0.2) is 36.0 Å². The summed E-state index contributed by atoms with van der Waals surface area (Å²) in [6, 6.07) is 0. The molecule has 17 heavy (non-hydrogen) atoms. The molecular weight excluding hydrogens is 225 g/mol. The van der Waals surface area contributed by atoms with Gasteiger partial charge >= 0.3 is 6.18 Å². The highest BCUT2D eigenvalue weighted by molar-refractivity contribution is 5.24. The van der Waals surface area contributed by atoms with Crippen molar-refractivity contribution in [1.29, 1.82) is 0 Å². The van der Waals surface area contributed by atoms with Crippen LogP contribution in [0.2, 0.25) is 0 Å². The molecule has 0 aromatic heterocycles. The zero-order valence-corrected chi connectivity index (χ0v) is 11.8. The van der Waals surface area contributed by atoms with E-state index >= 15 is 0 Å². The van der Waals surface area contributed by atoms with Gasteiger partial charge in [0, 0.05) is 0 Å². The Morgan fingerprint density at radius 2 is 1.41 bits per heavy atom. The molecule has 0 radical (unpaired) electrons. The van der Waals surface area contributed by atoms with Crippen LogP contribution in [0.5, 0.6) is 0 Å². The quantitative estimate of drug-likeness (QED) is 0.533. The highest BCUT2D eigenvalue weighted by Crippen LogP contribution is 2.24. The first-order valence-electron chi connectivity index (χ1n) is 5.88. The van der Waals surface area contributed by atoms with Crippen LogP contribution in [0, 0.1) is 0 Å². The lowest BCUT2D eigenvalue weighted by molar-refractivity contribution is -0.126. The molecule has 0 aromatic carbocycles. The highest BCUT2D eigenvalue weighted by Gasteiger charge is 2.27. The van der Waals surface area contributed by atoms with Crippen molar-refractivity contribution >= 4 is 0 Å². The van der Waals surface area contributed by atoms with Crippen molar-refractivity contribution in [2.75, 3.05) is 0 Å². The normalized spacial score (nSPS) is 10.3. The second-order valence-electron chi connectivity index (χ2n) is 2.98. The molecule has 0 unspecified atom stereocenters. The topological polar surface area (TPSA) is 0 Å². The van der Waals surface area contributed by atoms with Gasteiger partial charge in [-0.05, 0) is 19.4 Å². The molecule has 0 atom stereocenters. The van der Waals surface area contributed by atoms with E-state index in [0.717, 1.165) is 5.57 Å². The molecule has 102 valence electrons. The van der Waals surface area contributed by atoms with Gasteiger partial charge in [0.15, 0.2) is 0 Å². The van der Waals surface area contributed by atoms with E-state index in [9.17, 15) is 13.2 Å². The molecule has 0 aliphatic rings. The summed E-state index contributed by atoms with van der Waals surface area (Å²) in [5.41, 5.74) is 1.15. The van der Waals surface area contributed by atoms with Crippen LogP contribution in [-0.4, -0.2) is 6.18 Å². The number of alkyl halides is 3. The maximum absolute atomic E-state index is 11.9. The molecular formula is C14H25F3. The van der Waals surface area contributed by atoms with Gasteiger partial charge in [0.25, 0.3) is 0 Å². The van der Waals surface area contributed by atoms with Crippen molar-refractivity contribution < 1.29 is 13.2 Å². The summed E-state index contributed by atoms with van der Waals surface area (Å²) in [5.74, 6) is 0. The summed E-state index contributed by atoms with van der Waals surface area (Å²) in [6.07, 6.45) is -0.763. The standard InChI is InChI=1S/C10H13F3.2C2H6/c1-4-9(6-5-8(2)3)7-10(11,12)13;2*1-2/h4-6H,1,7H2,2-3H3;2*1-2H3/b9-6+;;. The lowest BCUT2D eigenvalue weighted by Crippen LogP contribution is -2.07.